The number of ether oxygens (including phenoxy) is 1. The van der Waals surface area contributed by atoms with Gasteiger partial charge in [-0.15, -0.1) is 0 Å². The number of amides is 3. The molecule has 1 aromatic carbocycles. The van der Waals surface area contributed by atoms with Gasteiger partial charge in [0.2, 0.25) is 5.91 Å². The van der Waals surface area contributed by atoms with E-state index in [4.69, 9.17) is 9.15 Å². The van der Waals surface area contributed by atoms with Gasteiger partial charge in [0.1, 0.15) is 11.8 Å². The Morgan fingerprint density at radius 3 is 2.40 bits per heavy atom. The van der Waals surface area contributed by atoms with Gasteiger partial charge in [-0.1, -0.05) is 24.6 Å². The number of likely N-dealkylation sites (tertiary alicyclic amines) is 1. The Balaban J connectivity index is 1.22. The maximum Gasteiger partial charge on any atom is 0.289 e. The SMILES string of the molecule is O=C(N[C@H]1C[C@H]2CC[C@H]1C2)[C@H]1COC2(CCN(C(=O)c3ccco3)CC2)N1C(=O)c1ccccc1. The van der Waals surface area contributed by atoms with Crippen molar-refractivity contribution >= 4 is 17.7 Å². The van der Waals surface area contributed by atoms with Crippen LogP contribution in [0, 0.1) is 11.8 Å². The Bertz CT molecular complexity index is 1090. The van der Waals surface area contributed by atoms with Crippen LogP contribution in [0.25, 0.3) is 0 Å². The quantitative estimate of drug-likeness (QED) is 0.731. The molecule has 1 aromatic heterocycles. The third-order valence-corrected chi connectivity index (χ3v) is 8.43. The Labute approximate surface area is 204 Å². The fourth-order valence-electron chi connectivity index (χ4n) is 6.60. The second-order valence-corrected chi connectivity index (χ2v) is 10.4. The maximum atomic E-state index is 13.8. The van der Waals surface area contributed by atoms with Crippen molar-refractivity contribution < 1.29 is 23.5 Å². The molecule has 1 spiro atoms. The molecule has 2 aromatic rings. The largest absolute Gasteiger partial charge is 0.459 e. The van der Waals surface area contributed by atoms with Crippen molar-refractivity contribution in [2.24, 2.45) is 11.8 Å². The number of hydrogen-bond donors (Lipinski definition) is 1. The third kappa shape index (κ3) is 3.93. The monoisotopic (exact) mass is 477 g/mol. The average Bonchev–Trinajstić information content (AvgIpc) is 3.69. The first kappa shape index (κ1) is 22.3. The number of piperidine rings is 1. The lowest BCUT2D eigenvalue weighted by atomic mass is 9.94. The average molecular weight is 478 g/mol. The van der Waals surface area contributed by atoms with Crippen molar-refractivity contribution in [2.45, 2.75) is 56.3 Å². The highest BCUT2D eigenvalue weighted by Crippen LogP contribution is 2.45. The van der Waals surface area contributed by atoms with E-state index in [9.17, 15) is 14.4 Å². The summed E-state index contributed by atoms with van der Waals surface area (Å²) in [6.45, 7) is 0.995. The topological polar surface area (TPSA) is 92.1 Å². The summed E-state index contributed by atoms with van der Waals surface area (Å²) in [7, 11) is 0. The molecule has 0 unspecified atom stereocenters. The number of hydrogen-bond acceptors (Lipinski definition) is 5. The maximum absolute atomic E-state index is 13.8. The van der Waals surface area contributed by atoms with Gasteiger partial charge in [-0.25, -0.2) is 0 Å². The fourth-order valence-corrected chi connectivity index (χ4v) is 6.60. The summed E-state index contributed by atoms with van der Waals surface area (Å²) < 4.78 is 11.6. The number of rotatable bonds is 4. The minimum Gasteiger partial charge on any atom is -0.459 e. The molecule has 8 heteroatoms. The molecular weight excluding hydrogens is 446 g/mol. The molecule has 2 saturated heterocycles. The number of nitrogens with zero attached hydrogens (tertiary/aromatic N) is 2. The van der Waals surface area contributed by atoms with E-state index >= 15 is 0 Å². The summed E-state index contributed by atoms with van der Waals surface area (Å²) in [6.07, 6.45) is 7.03. The van der Waals surface area contributed by atoms with Crippen LogP contribution in [0.15, 0.2) is 53.1 Å². The molecule has 4 atom stereocenters. The van der Waals surface area contributed by atoms with Gasteiger partial charge >= 0.3 is 0 Å². The van der Waals surface area contributed by atoms with E-state index < -0.39 is 11.8 Å². The zero-order valence-corrected chi connectivity index (χ0v) is 19.7. The smallest absolute Gasteiger partial charge is 0.289 e. The summed E-state index contributed by atoms with van der Waals surface area (Å²) in [5.41, 5.74) is -0.381. The number of carbonyl (C=O) groups is 3. The Hall–Kier alpha value is -3.13. The van der Waals surface area contributed by atoms with Crippen molar-refractivity contribution in [3.63, 3.8) is 0 Å². The van der Waals surface area contributed by atoms with Crippen molar-refractivity contribution in [1.29, 1.82) is 0 Å². The molecule has 3 heterocycles. The van der Waals surface area contributed by atoms with Crippen molar-refractivity contribution in [2.75, 3.05) is 19.7 Å². The first-order chi connectivity index (χ1) is 17.0. The van der Waals surface area contributed by atoms with Crippen LogP contribution in [-0.4, -0.2) is 65.0 Å². The van der Waals surface area contributed by atoms with E-state index in [0.29, 0.717) is 43.2 Å². The number of furan rings is 1. The lowest BCUT2D eigenvalue weighted by Gasteiger charge is -2.44. The molecule has 184 valence electrons. The van der Waals surface area contributed by atoms with Crippen LogP contribution in [0.5, 0.6) is 0 Å². The predicted molar refractivity (Wildman–Crippen MR) is 126 cm³/mol. The van der Waals surface area contributed by atoms with Crippen LogP contribution >= 0.6 is 0 Å². The lowest BCUT2D eigenvalue weighted by molar-refractivity contribution is -0.129. The van der Waals surface area contributed by atoms with Gasteiger partial charge in [0, 0.05) is 37.5 Å². The minimum absolute atomic E-state index is 0.127. The van der Waals surface area contributed by atoms with Crippen LogP contribution in [0.2, 0.25) is 0 Å². The fraction of sp³-hybridized carbons (Fsp3) is 0.519. The summed E-state index contributed by atoms with van der Waals surface area (Å²) in [5, 5.41) is 3.27. The normalized spacial score (nSPS) is 29.0. The van der Waals surface area contributed by atoms with Gasteiger partial charge < -0.3 is 19.4 Å². The molecule has 2 aliphatic carbocycles. The van der Waals surface area contributed by atoms with Crippen molar-refractivity contribution in [1.82, 2.24) is 15.1 Å². The van der Waals surface area contributed by atoms with Gasteiger partial charge in [-0.2, -0.15) is 0 Å². The minimum atomic E-state index is -0.913. The molecule has 6 rings (SSSR count). The van der Waals surface area contributed by atoms with Gasteiger partial charge in [-0.3, -0.25) is 19.3 Å². The summed E-state index contributed by atoms with van der Waals surface area (Å²) in [5.74, 6) is 1.06. The van der Waals surface area contributed by atoms with Gasteiger partial charge in [0.05, 0.1) is 12.9 Å². The van der Waals surface area contributed by atoms with Gasteiger partial charge in [0.15, 0.2) is 5.76 Å². The van der Waals surface area contributed by atoms with Crippen LogP contribution in [0.1, 0.15) is 59.4 Å². The van der Waals surface area contributed by atoms with Crippen LogP contribution in [0.3, 0.4) is 0 Å². The van der Waals surface area contributed by atoms with Crippen molar-refractivity contribution in [3.8, 4) is 0 Å². The Morgan fingerprint density at radius 1 is 0.943 bits per heavy atom. The molecule has 2 saturated carbocycles. The summed E-state index contributed by atoms with van der Waals surface area (Å²) in [4.78, 5) is 43.5. The van der Waals surface area contributed by atoms with E-state index in [2.05, 4.69) is 5.32 Å². The molecule has 4 fully saturated rings. The van der Waals surface area contributed by atoms with Gasteiger partial charge in [-0.05, 0) is 55.4 Å². The highest BCUT2D eigenvalue weighted by Gasteiger charge is 2.55. The molecule has 2 bridgehead atoms. The molecule has 0 radical (unpaired) electrons. The standard InChI is InChI=1S/C27H31N3O5/c31-24(28-21-16-18-8-9-20(21)15-18)22-17-35-27(30(22)25(32)19-5-2-1-3-6-19)10-12-29(13-11-27)26(33)23-7-4-14-34-23/h1-7,14,18,20-22H,8-13,15-17H2,(H,28,31)/t18-,20-,21-,22+/m0/s1. The predicted octanol–water partition coefficient (Wildman–Crippen LogP) is 3.06. The van der Waals surface area contributed by atoms with E-state index in [1.165, 1.54) is 25.5 Å². The Morgan fingerprint density at radius 2 is 1.74 bits per heavy atom. The molecule has 8 nitrogen and oxygen atoms in total. The van der Waals surface area contributed by atoms with E-state index in [-0.39, 0.29) is 30.4 Å². The third-order valence-electron chi connectivity index (χ3n) is 8.43. The molecule has 35 heavy (non-hydrogen) atoms. The zero-order valence-electron chi connectivity index (χ0n) is 19.7. The van der Waals surface area contributed by atoms with Crippen LogP contribution in [0.4, 0.5) is 0 Å². The molecule has 2 aliphatic heterocycles. The number of benzene rings is 1. The zero-order chi connectivity index (χ0) is 24.0. The summed E-state index contributed by atoms with van der Waals surface area (Å²) in [6, 6.07) is 11.9. The first-order valence-corrected chi connectivity index (χ1v) is 12.7. The number of nitrogens with one attached hydrogen (secondary N) is 1. The van der Waals surface area contributed by atoms with E-state index in [0.717, 1.165) is 12.3 Å². The second kappa shape index (κ2) is 8.82. The molecule has 1 N–H and O–H groups in total. The molecular formula is C27H31N3O5. The number of carbonyl (C=O) groups excluding carboxylic acids is 3. The highest BCUT2D eigenvalue weighted by atomic mass is 16.5. The molecule has 4 aliphatic rings. The van der Waals surface area contributed by atoms with E-state index in [1.807, 2.05) is 18.2 Å². The van der Waals surface area contributed by atoms with Crippen LogP contribution in [-0.2, 0) is 9.53 Å². The Kier molecular flexibility index (Phi) is 5.63. The van der Waals surface area contributed by atoms with E-state index in [1.54, 1.807) is 34.1 Å². The van der Waals surface area contributed by atoms with Gasteiger partial charge in [0.25, 0.3) is 11.8 Å². The highest BCUT2D eigenvalue weighted by molar-refractivity contribution is 5.98. The lowest BCUT2D eigenvalue weighted by Crippen LogP contribution is -2.60. The second-order valence-electron chi connectivity index (χ2n) is 10.4. The molecule has 3 amide bonds. The van der Waals surface area contributed by atoms with Crippen molar-refractivity contribution in [3.05, 3.63) is 60.1 Å². The summed E-state index contributed by atoms with van der Waals surface area (Å²) >= 11 is 0. The van der Waals surface area contributed by atoms with Crippen LogP contribution < -0.4 is 5.32 Å². The first-order valence-electron chi connectivity index (χ1n) is 12.7. The number of fused-ring (bicyclic) bond motifs is 2.